The van der Waals surface area contributed by atoms with Crippen LogP contribution in [0.2, 0.25) is 0 Å². The van der Waals surface area contributed by atoms with Gasteiger partial charge in [0, 0.05) is 11.6 Å². The van der Waals surface area contributed by atoms with Crippen molar-refractivity contribution in [3.05, 3.63) is 29.8 Å². The fraction of sp³-hybridized carbons (Fsp3) is 0.500. The molecular formula is C16H22N2O2S. The molecule has 1 amide bonds. The van der Waals surface area contributed by atoms with E-state index in [1.54, 1.807) is 24.3 Å². The van der Waals surface area contributed by atoms with Crippen LogP contribution in [-0.4, -0.2) is 23.7 Å². The summed E-state index contributed by atoms with van der Waals surface area (Å²) in [6.07, 6.45) is 5.67. The molecule has 0 aliphatic heterocycles. The molecule has 0 heterocycles. The van der Waals surface area contributed by atoms with Gasteiger partial charge in [-0.15, -0.1) is 0 Å². The van der Waals surface area contributed by atoms with Crippen LogP contribution in [0.4, 0.5) is 0 Å². The van der Waals surface area contributed by atoms with E-state index in [0.29, 0.717) is 23.3 Å². The largest absolute Gasteiger partial charge is 0.494 e. The van der Waals surface area contributed by atoms with E-state index in [2.05, 4.69) is 17.6 Å². The van der Waals surface area contributed by atoms with Crippen molar-refractivity contribution in [1.82, 2.24) is 10.6 Å². The number of hydrogen-bond donors (Lipinski definition) is 2. The lowest BCUT2D eigenvalue weighted by Gasteiger charge is -2.15. The zero-order valence-electron chi connectivity index (χ0n) is 12.4. The molecule has 0 radical (unpaired) electrons. The molecule has 0 bridgehead atoms. The molecule has 114 valence electrons. The highest BCUT2D eigenvalue weighted by atomic mass is 32.1. The molecule has 0 aromatic heterocycles. The van der Waals surface area contributed by atoms with Gasteiger partial charge in [-0.25, -0.2) is 0 Å². The van der Waals surface area contributed by atoms with E-state index in [1.807, 2.05) is 0 Å². The summed E-state index contributed by atoms with van der Waals surface area (Å²) in [5.41, 5.74) is 0.578. The van der Waals surface area contributed by atoms with Crippen molar-refractivity contribution in [2.24, 2.45) is 0 Å². The first kappa shape index (κ1) is 15.8. The van der Waals surface area contributed by atoms with Crippen molar-refractivity contribution in [2.75, 3.05) is 6.61 Å². The highest BCUT2D eigenvalue weighted by Crippen LogP contribution is 2.17. The molecule has 0 saturated heterocycles. The Morgan fingerprint density at radius 3 is 2.57 bits per heavy atom. The van der Waals surface area contributed by atoms with Crippen molar-refractivity contribution in [1.29, 1.82) is 0 Å². The van der Waals surface area contributed by atoms with E-state index in [9.17, 15) is 4.79 Å². The van der Waals surface area contributed by atoms with Gasteiger partial charge in [0.05, 0.1) is 6.61 Å². The van der Waals surface area contributed by atoms with Gasteiger partial charge in [0.1, 0.15) is 5.75 Å². The molecule has 0 spiro atoms. The minimum absolute atomic E-state index is 0.187. The Kier molecular flexibility index (Phi) is 5.99. The molecule has 1 aliphatic carbocycles. The minimum Gasteiger partial charge on any atom is -0.494 e. The summed E-state index contributed by atoms with van der Waals surface area (Å²) < 4.78 is 5.49. The lowest BCUT2D eigenvalue weighted by Crippen LogP contribution is -2.43. The smallest absolute Gasteiger partial charge is 0.257 e. The van der Waals surface area contributed by atoms with Gasteiger partial charge in [0.25, 0.3) is 5.91 Å². The summed E-state index contributed by atoms with van der Waals surface area (Å²) in [7, 11) is 0. The highest BCUT2D eigenvalue weighted by molar-refractivity contribution is 7.80. The van der Waals surface area contributed by atoms with Crippen LogP contribution in [-0.2, 0) is 0 Å². The highest BCUT2D eigenvalue weighted by Gasteiger charge is 2.16. The van der Waals surface area contributed by atoms with Gasteiger partial charge in [-0.1, -0.05) is 19.8 Å². The third-order valence-corrected chi connectivity index (χ3v) is 3.73. The predicted molar refractivity (Wildman–Crippen MR) is 87.7 cm³/mol. The molecule has 1 saturated carbocycles. The normalized spacial score (nSPS) is 14.7. The fourth-order valence-corrected chi connectivity index (χ4v) is 2.65. The Morgan fingerprint density at radius 1 is 1.29 bits per heavy atom. The zero-order valence-corrected chi connectivity index (χ0v) is 13.2. The van der Waals surface area contributed by atoms with E-state index in [-0.39, 0.29) is 5.91 Å². The van der Waals surface area contributed by atoms with E-state index >= 15 is 0 Å². The third kappa shape index (κ3) is 5.01. The topological polar surface area (TPSA) is 50.4 Å². The van der Waals surface area contributed by atoms with Gasteiger partial charge in [-0.05, 0) is 55.7 Å². The summed E-state index contributed by atoms with van der Waals surface area (Å²) in [5, 5.41) is 6.33. The summed E-state index contributed by atoms with van der Waals surface area (Å²) in [5.74, 6) is 0.590. The lowest BCUT2D eigenvalue weighted by molar-refractivity contribution is 0.0976. The number of carbonyl (C=O) groups excluding carboxylic acids is 1. The van der Waals surface area contributed by atoms with Crippen molar-refractivity contribution >= 4 is 23.2 Å². The quantitative estimate of drug-likeness (QED) is 0.821. The number of carbonyl (C=O) groups is 1. The second-order valence-corrected chi connectivity index (χ2v) is 5.69. The van der Waals surface area contributed by atoms with Crippen molar-refractivity contribution in [2.45, 2.75) is 45.1 Å². The second-order valence-electron chi connectivity index (χ2n) is 5.28. The summed E-state index contributed by atoms with van der Waals surface area (Å²) in [6.45, 7) is 2.74. The number of thiocarbonyl (C=S) groups is 1. The average Bonchev–Trinajstić information content (AvgIpc) is 2.98. The van der Waals surface area contributed by atoms with Gasteiger partial charge in [0.15, 0.2) is 5.11 Å². The number of benzene rings is 1. The monoisotopic (exact) mass is 306 g/mol. The Balaban J connectivity index is 1.83. The van der Waals surface area contributed by atoms with Crippen LogP contribution in [0.5, 0.6) is 5.75 Å². The van der Waals surface area contributed by atoms with Crippen LogP contribution >= 0.6 is 12.2 Å². The first-order valence-corrected chi connectivity index (χ1v) is 7.94. The van der Waals surface area contributed by atoms with Crippen LogP contribution in [0.3, 0.4) is 0 Å². The fourth-order valence-electron chi connectivity index (χ4n) is 2.39. The minimum atomic E-state index is -0.187. The number of amides is 1. The van der Waals surface area contributed by atoms with Crippen molar-refractivity contribution < 1.29 is 9.53 Å². The van der Waals surface area contributed by atoms with Gasteiger partial charge in [0.2, 0.25) is 0 Å². The van der Waals surface area contributed by atoms with Crippen molar-refractivity contribution in [3.63, 3.8) is 0 Å². The van der Waals surface area contributed by atoms with Crippen LogP contribution < -0.4 is 15.4 Å². The number of rotatable bonds is 5. The zero-order chi connectivity index (χ0) is 15.1. The molecule has 1 fully saturated rings. The Labute approximate surface area is 131 Å². The first-order valence-electron chi connectivity index (χ1n) is 7.53. The van der Waals surface area contributed by atoms with E-state index in [0.717, 1.165) is 25.0 Å². The molecule has 21 heavy (non-hydrogen) atoms. The summed E-state index contributed by atoms with van der Waals surface area (Å²) in [6, 6.07) is 7.51. The molecule has 2 rings (SSSR count). The molecule has 1 aromatic rings. The van der Waals surface area contributed by atoms with Crippen LogP contribution in [0.15, 0.2) is 24.3 Å². The molecule has 0 atom stereocenters. The standard InChI is InChI=1S/C16H22N2O2S/c1-2-11-20-14-9-7-12(8-10-14)15(19)18-16(21)17-13-5-3-4-6-13/h7-10,13H,2-6,11H2,1H3,(H2,17,18,19,21). The van der Waals surface area contributed by atoms with Crippen LogP contribution in [0.1, 0.15) is 49.4 Å². The van der Waals surface area contributed by atoms with Gasteiger partial charge in [-0.2, -0.15) is 0 Å². The average molecular weight is 306 g/mol. The van der Waals surface area contributed by atoms with Crippen LogP contribution in [0.25, 0.3) is 0 Å². The molecule has 1 aromatic carbocycles. The Hall–Kier alpha value is -1.62. The van der Waals surface area contributed by atoms with E-state index in [1.165, 1.54) is 12.8 Å². The molecule has 2 N–H and O–H groups in total. The Morgan fingerprint density at radius 2 is 1.95 bits per heavy atom. The van der Waals surface area contributed by atoms with Gasteiger partial charge < -0.3 is 10.1 Å². The van der Waals surface area contributed by atoms with Crippen LogP contribution in [0, 0.1) is 0 Å². The predicted octanol–water partition coefficient (Wildman–Crippen LogP) is 3.02. The SMILES string of the molecule is CCCOc1ccc(C(=O)NC(=S)NC2CCCC2)cc1. The second kappa shape index (κ2) is 7.98. The number of nitrogens with one attached hydrogen (secondary N) is 2. The van der Waals surface area contributed by atoms with E-state index in [4.69, 9.17) is 17.0 Å². The first-order chi connectivity index (χ1) is 10.2. The maximum atomic E-state index is 12.1. The van der Waals surface area contributed by atoms with Gasteiger partial charge in [-0.3, -0.25) is 10.1 Å². The molecule has 5 heteroatoms. The third-order valence-electron chi connectivity index (χ3n) is 3.51. The maximum Gasteiger partial charge on any atom is 0.257 e. The molecule has 0 unspecified atom stereocenters. The lowest BCUT2D eigenvalue weighted by atomic mass is 10.2. The molecule has 1 aliphatic rings. The summed E-state index contributed by atoms with van der Waals surface area (Å²) >= 11 is 5.18. The molecule has 4 nitrogen and oxygen atoms in total. The molecular weight excluding hydrogens is 284 g/mol. The van der Waals surface area contributed by atoms with Gasteiger partial charge >= 0.3 is 0 Å². The summed E-state index contributed by atoms with van der Waals surface area (Å²) in [4.78, 5) is 12.1. The number of hydrogen-bond acceptors (Lipinski definition) is 3. The van der Waals surface area contributed by atoms with Crippen molar-refractivity contribution in [3.8, 4) is 5.75 Å². The maximum absolute atomic E-state index is 12.1. The Bertz CT molecular complexity index is 482. The number of ether oxygens (including phenoxy) is 1. The van der Waals surface area contributed by atoms with E-state index < -0.39 is 0 Å².